The first-order valence-corrected chi connectivity index (χ1v) is 7.64. The van der Waals surface area contributed by atoms with Gasteiger partial charge in [0.2, 0.25) is 0 Å². The fourth-order valence-corrected chi connectivity index (χ4v) is 2.19. The Morgan fingerprint density at radius 3 is 2.08 bits per heavy atom. The zero-order chi connectivity index (χ0) is 16.6. The number of aromatic nitrogens is 3. The van der Waals surface area contributed by atoms with Crippen molar-refractivity contribution in [3.63, 3.8) is 0 Å². The van der Waals surface area contributed by atoms with Gasteiger partial charge in [-0.05, 0) is 13.0 Å². The second-order valence-corrected chi connectivity index (χ2v) is 4.98. The number of nitrogens with zero attached hydrogens (tertiary/aromatic N) is 4. The van der Waals surface area contributed by atoms with Crippen LogP contribution in [0.2, 0.25) is 0 Å². The third-order valence-electron chi connectivity index (χ3n) is 3.30. The number of allylic oxidation sites excluding steroid dienone is 2. The van der Waals surface area contributed by atoms with Crippen LogP contribution in [0.1, 0.15) is 6.92 Å². The Labute approximate surface area is 140 Å². The zero-order valence-corrected chi connectivity index (χ0v) is 13.3. The molecule has 0 unspecified atom stereocenters. The van der Waals surface area contributed by atoms with Gasteiger partial charge in [0.15, 0.2) is 0 Å². The van der Waals surface area contributed by atoms with Gasteiger partial charge >= 0.3 is 0 Å². The lowest BCUT2D eigenvalue weighted by Gasteiger charge is -2.09. The number of benzene rings is 2. The van der Waals surface area contributed by atoms with Gasteiger partial charge in [-0.25, -0.2) is 10.4 Å². The standard InChI is InChI=1S/C19H17N5/c1-2-3-14-20-23-19-21-17(15-10-6-4-7-11-15)18(22-24-19)16-12-8-5-9-13-16/h2-14H,1H3,(H,21,23,24). The maximum atomic E-state index is 4.59. The summed E-state index contributed by atoms with van der Waals surface area (Å²) >= 11 is 0. The summed E-state index contributed by atoms with van der Waals surface area (Å²) in [5.41, 5.74) is 6.26. The number of nitrogens with one attached hydrogen (secondary N) is 1. The number of rotatable bonds is 5. The van der Waals surface area contributed by atoms with E-state index in [-0.39, 0.29) is 0 Å². The van der Waals surface area contributed by atoms with Crippen LogP contribution in [0.3, 0.4) is 0 Å². The van der Waals surface area contributed by atoms with E-state index >= 15 is 0 Å². The molecule has 24 heavy (non-hydrogen) atoms. The minimum absolute atomic E-state index is 0.356. The van der Waals surface area contributed by atoms with Crippen LogP contribution in [0.4, 0.5) is 5.95 Å². The Bertz CT molecular complexity index is 842. The van der Waals surface area contributed by atoms with Crippen molar-refractivity contribution in [1.82, 2.24) is 15.2 Å². The molecule has 1 aromatic heterocycles. The molecule has 118 valence electrons. The van der Waals surface area contributed by atoms with Gasteiger partial charge in [0.25, 0.3) is 5.95 Å². The third kappa shape index (κ3) is 3.70. The van der Waals surface area contributed by atoms with Crippen LogP contribution in [0, 0.1) is 0 Å². The molecular formula is C19H17N5. The van der Waals surface area contributed by atoms with Crippen molar-refractivity contribution in [2.24, 2.45) is 5.10 Å². The summed E-state index contributed by atoms with van der Waals surface area (Å²) < 4.78 is 0. The summed E-state index contributed by atoms with van der Waals surface area (Å²) in [6, 6.07) is 19.8. The Hall–Kier alpha value is -3.34. The van der Waals surface area contributed by atoms with Crippen LogP contribution < -0.4 is 5.43 Å². The second kappa shape index (κ2) is 7.78. The molecule has 0 aliphatic rings. The van der Waals surface area contributed by atoms with Gasteiger partial charge in [-0.15, -0.1) is 10.2 Å². The molecule has 0 saturated carbocycles. The van der Waals surface area contributed by atoms with Crippen molar-refractivity contribution >= 4 is 12.2 Å². The summed E-state index contributed by atoms with van der Waals surface area (Å²) in [5.74, 6) is 0.356. The van der Waals surface area contributed by atoms with Crippen molar-refractivity contribution in [1.29, 1.82) is 0 Å². The average molecular weight is 315 g/mol. The fourth-order valence-electron chi connectivity index (χ4n) is 2.19. The fraction of sp³-hybridized carbons (Fsp3) is 0.0526. The molecule has 1 N–H and O–H groups in total. The van der Waals surface area contributed by atoms with E-state index in [2.05, 4.69) is 25.7 Å². The van der Waals surface area contributed by atoms with E-state index in [9.17, 15) is 0 Å². The molecule has 0 bridgehead atoms. The Kier molecular flexibility index (Phi) is 5.04. The lowest BCUT2D eigenvalue weighted by Crippen LogP contribution is -2.02. The summed E-state index contributed by atoms with van der Waals surface area (Å²) in [6.07, 6.45) is 5.34. The van der Waals surface area contributed by atoms with Crippen LogP contribution in [-0.4, -0.2) is 21.4 Å². The molecule has 0 radical (unpaired) electrons. The van der Waals surface area contributed by atoms with E-state index in [0.29, 0.717) is 5.95 Å². The molecule has 0 saturated heterocycles. The summed E-state index contributed by atoms with van der Waals surface area (Å²) in [6.45, 7) is 1.92. The van der Waals surface area contributed by atoms with E-state index < -0.39 is 0 Å². The second-order valence-electron chi connectivity index (χ2n) is 4.98. The lowest BCUT2D eigenvalue weighted by atomic mass is 10.0. The van der Waals surface area contributed by atoms with Crippen molar-refractivity contribution in [2.45, 2.75) is 6.92 Å². The van der Waals surface area contributed by atoms with E-state index in [0.717, 1.165) is 22.5 Å². The van der Waals surface area contributed by atoms with E-state index in [4.69, 9.17) is 0 Å². The molecule has 3 aromatic rings. The van der Waals surface area contributed by atoms with Crippen molar-refractivity contribution in [3.8, 4) is 22.5 Å². The predicted molar refractivity (Wildman–Crippen MR) is 97.6 cm³/mol. The van der Waals surface area contributed by atoms with Gasteiger partial charge in [0, 0.05) is 17.3 Å². The smallest absolute Gasteiger partial charge is 0.244 e. The minimum Gasteiger partial charge on any atom is -0.244 e. The van der Waals surface area contributed by atoms with Crippen LogP contribution in [0.15, 0.2) is 77.9 Å². The Morgan fingerprint density at radius 1 is 0.833 bits per heavy atom. The molecule has 3 rings (SSSR count). The average Bonchev–Trinajstić information content (AvgIpc) is 2.66. The SMILES string of the molecule is CC=CC=NNc1nnc(-c2ccccc2)c(-c2ccccc2)n1. The molecule has 5 heteroatoms. The number of hydrogen-bond donors (Lipinski definition) is 1. The maximum absolute atomic E-state index is 4.59. The minimum atomic E-state index is 0.356. The number of hydrazone groups is 1. The van der Waals surface area contributed by atoms with Crippen LogP contribution >= 0.6 is 0 Å². The molecule has 0 amide bonds. The topological polar surface area (TPSA) is 63.1 Å². The molecule has 0 fully saturated rings. The first kappa shape index (κ1) is 15.6. The van der Waals surface area contributed by atoms with Crippen molar-refractivity contribution in [3.05, 3.63) is 72.8 Å². The zero-order valence-electron chi connectivity index (χ0n) is 13.3. The highest BCUT2D eigenvalue weighted by Gasteiger charge is 2.12. The van der Waals surface area contributed by atoms with Gasteiger partial charge in [-0.3, -0.25) is 0 Å². The molecule has 1 heterocycles. The Balaban J connectivity index is 2.03. The molecule has 0 spiro atoms. The predicted octanol–water partition coefficient (Wildman–Crippen LogP) is 4.18. The third-order valence-corrected chi connectivity index (χ3v) is 3.30. The highest BCUT2D eigenvalue weighted by atomic mass is 15.4. The largest absolute Gasteiger partial charge is 0.263 e. The molecule has 0 aliphatic carbocycles. The van der Waals surface area contributed by atoms with E-state index in [1.54, 1.807) is 6.21 Å². The van der Waals surface area contributed by atoms with Gasteiger partial charge < -0.3 is 0 Å². The highest BCUT2D eigenvalue weighted by molar-refractivity contribution is 5.78. The monoisotopic (exact) mass is 315 g/mol. The number of hydrogen-bond acceptors (Lipinski definition) is 5. The summed E-state index contributed by atoms with van der Waals surface area (Å²) in [4.78, 5) is 4.59. The first-order valence-electron chi connectivity index (χ1n) is 7.64. The maximum Gasteiger partial charge on any atom is 0.263 e. The lowest BCUT2D eigenvalue weighted by molar-refractivity contribution is 0.973. The normalized spacial score (nSPS) is 11.2. The van der Waals surface area contributed by atoms with Gasteiger partial charge in [-0.1, -0.05) is 66.7 Å². The molecule has 0 aliphatic heterocycles. The molecule has 2 aromatic carbocycles. The van der Waals surface area contributed by atoms with Gasteiger partial charge in [-0.2, -0.15) is 5.10 Å². The van der Waals surface area contributed by atoms with E-state index in [1.165, 1.54) is 0 Å². The van der Waals surface area contributed by atoms with Crippen molar-refractivity contribution < 1.29 is 0 Å². The summed E-state index contributed by atoms with van der Waals surface area (Å²) in [7, 11) is 0. The molecule has 0 atom stereocenters. The van der Waals surface area contributed by atoms with Gasteiger partial charge in [0.05, 0.1) is 0 Å². The van der Waals surface area contributed by atoms with Crippen LogP contribution in [0.5, 0.6) is 0 Å². The molecule has 5 nitrogen and oxygen atoms in total. The highest BCUT2D eigenvalue weighted by Crippen LogP contribution is 2.28. The first-order chi connectivity index (χ1) is 11.9. The van der Waals surface area contributed by atoms with Crippen LogP contribution in [0.25, 0.3) is 22.5 Å². The Morgan fingerprint density at radius 2 is 1.46 bits per heavy atom. The van der Waals surface area contributed by atoms with Crippen molar-refractivity contribution in [2.75, 3.05) is 5.43 Å². The van der Waals surface area contributed by atoms with E-state index in [1.807, 2.05) is 79.7 Å². The number of anilines is 1. The molecular weight excluding hydrogens is 298 g/mol. The quantitative estimate of drug-likeness (QED) is 0.567. The summed E-state index contributed by atoms with van der Waals surface area (Å²) in [5, 5.41) is 12.5. The van der Waals surface area contributed by atoms with Gasteiger partial charge in [0.1, 0.15) is 11.4 Å². The van der Waals surface area contributed by atoms with Crippen LogP contribution in [-0.2, 0) is 0 Å².